The normalized spacial score (nSPS) is 30.1. The van der Waals surface area contributed by atoms with Gasteiger partial charge >= 0.3 is 0 Å². The van der Waals surface area contributed by atoms with Crippen molar-refractivity contribution in [1.29, 1.82) is 0 Å². The molecule has 2 N–H and O–H groups in total. The summed E-state index contributed by atoms with van der Waals surface area (Å²) in [4.78, 5) is 19.8. The molecule has 0 aromatic carbocycles. The summed E-state index contributed by atoms with van der Waals surface area (Å²) in [5, 5.41) is 1.69. The van der Waals surface area contributed by atoms with Gasteiger partial charge in [0.15, 0.2) is 0 Å². The van der Waals surface area contributed by atoms with E-state index in [-0.39, 0.29) is 5.91 Å². The van der Waals surface area contributed by atoms with Crippen molar-refractivity contribution in [1.82, 2.24) is 9.97 Å². The van der Waals surface area contributed by atoms with Crippen LogP contribution in [0.15, 0.2) is 11.4 Å². The highest BCUT2D eigenvalue weighted by atomic mass is 32.2. The van der Waals surface area contributed by atoms with Gasteiger partial charge in [-0.15, -0.1) is 11.8 Å². The molecule has 2 aliphatic rings. The number of carbonyl (C=O) groups is 1. The largest absolute Gasteiger partial charge is 0.370 e. The number of fused-ring (bicyclic) bond motifs is 3. The molecular weight excluding hydrogens is 234 g/mol. The number of primary amides is 1. The lowest BCUT2D eigenvalue weighted by Crippen LogP contribution is -2.20. The van der Waals surface area contributed by atoms with Crippen molar-refractivity contribution in [2.45, 2.75) is 42.4 Å². The fraction of sp³-hybridized carbons (Fsp3) is 0.583. The predicted octanol–water partition coefficient (Wildman–Crippen LogP) is 1.63. The maximum Gasteiger partial charge on any atom is 0.217 e. The molecule has 17 heavy (non-hydrogen) atoms. The first-order valence-electron chi connectivity index (χ1n) is 5.93. The van der Waals surface area contributed by atoms with E-state index in [2.05, 4.69) is 9.97 Å². The lowest BCUT2D eigenvalue weighted by Gasteiger charge is -2.18. The molecule has 1 aliphatic heterocycles. The number of rotatable bonds is 2. The second kappa shape index (κ2) is 3.98. The highest BCUT2D eigenvalue weighted by molar-refractivity contribution is 8.00. The smallest absolute Gasteiger partial charge is 0.217 e. The van der Waals surface area contributed by atoms with E-state index in [4.69, 9.17) is 5.73 Å². The summed E-state index contributed by atoms with van der Waals surface area (Å²) in [6.45, 7) is 2.03. The summed E-state index contributed by atoms with van der Waals surface area (Å²) in [5.41, 5.74) is 7.67. The Labute approximate surface area is 104 Å². The van der Waals surface area contributed by atoms with Gasteiger partial charge in [0.05, 0.1) is 0 Å². The van der Waals surface area contributed by atoms with Gasteiger partial charge in [0.1, 0.15) is 11.4 Å². The third kappa shape index (κ3) is 1.73. The Bertz CT molecular complexity index is 477. The van der Waals surface area contributed by atoms with Crippen LogP contribution >= 0.6 is 11.8 Å². The van der Waals surface area contributed by atoms with E-state index < -0.39 is 0 Å². The molecule has 0 radical (unpaired) electrons. The zero-order valence-electron chi connectivity index (χ0n) is 9.72. The van der Waals surface area contributed by atoms with Gasteiger partial charge in [-0.2, -0.15) is 0 Å². The highest BCUT2D eigenvalue weighted by Gasteiger charge is 2.45. The highest BCUT2D eigenvalue weighted by Crippen LogP contribution is 2.56. The van der Waals surface area contributed by atoms with Crippen LogP contribution < -0.4 is 5.73 Å². The molecule has 1 aromatic heterocycles. The van der Waals surface area contributed by atoms with Crippen LogP contribution in [0, 0.1) is 12.8 Å². The van der Waals surface area contributed by atoms with Crippen LogP contribution in [-0.2, 0) is 4.79 Å². The fourth-order valence-corrected chi connectivity index (χ4v) is 4.73. The summed E-state index contributed by atoms with van der Waals surface area (Å²) in [6, 6.07) is 0. The van der Waals surface area contributed by atoms with Crippen LogP contribution in [0.25, 0.3) is 0 Å². The van der Waals surface area contributed by atoms with Crippen molar-refractivity contribution in [2.75, 3.05) is 0 Å². The van der Waals surface area contributed by atoms with E-state index >= 15 is 0 Å². The summed E-state index contributed by atoms with van der Waals surface area (Å²) >= 11 is 1.85. The summed E-state index contributed by atoms with van der Waals surface area (Å²) in [7, 11) is 0. The SMILES string of the molecule is Cc1ncnc2c1C1C(CC(N)=O)CCC1S2. The Kier molecular flexibility index (Phi) is 2.58. The molecule has 5 heteroatoms. The van der Waals surface area contributed by atoms with Crippen molar-refractivity contribution >= 4 is 17.7 Å². The molecule has 0 bridgehead atoms. The maximum absolute atomic E-state index is 11.1. The molecule has 0 saturated heterocycles. The molecule has 90 valence electrons. The molecule has 2 heterocycles. The quantitative estimate of drug-likeness (QED) is 0.809. The molecule has 3 atom stereocenters. The number of carbonyl (C=O) groups excluding carboxylic acids is 1. The number of aromatic nitrogens is 2. The van der Waals surface area contributed by atoms with Gasteiger partial charge in [-0.05, 0) is 25.7 Å². The third-order valence-electron chi connectivity index (χ3n) is 3.84. The topological polar surface area (TPSA) is 68.9 Å². The molecule has 3 unspecified atom stereocenters. The molecule has 4 nitrogen and oxygen atoms in total. The molecule has 1 saturated carbocycles. The number of hydrogen-bond donors (Lipinski definition) is 1. The van der Waals surface area contributed by atoms with Gasteiger partial charge in [-0.1, -0.05) is 0 Å². The van der Waals surface area contributed by atoms with E-state index in [1.165, 1.54) is 5.56 Å². The molecule has 1 fully saturated rings. The van der Waals surface area contributed by atoms with Crippen molar-refractivity contribution in [3.8, 4) is 0 Å². The van der Waals surface area contributed by atoms with Crippen molar-refractivity contribution in [3.05, 3.63) is 17.6 Å². The first-order chi connectivity index (χ1) is 8.16. The average molecular weight is 249 g/mol. The van der Waals surface area contributed by atoms with E-state index in [9.17, 15) is 4.79 Å². The second-order valence-electron chi connectivity index (χ2n) is 4.87. The fourth-order valence-electron chi connectivity index (χ4n) is 3.17. The number of hydrogen-bond acceptors (Lipinski definition) is 4. The lowest BCUT2D eigenvalue weighted by atomic mass is 9.86. The van der Waals surface area contributed by atoms with Gasteiger partial charge < -0.3 is 5.73 Å². The van der Waals surface area contributed by atoms with Crippen LogP contribution in [0.5, 0.6) is 0 Å². The monoisotopic (exact) mass is 249 g/mol. The van der Waals surface area contributed by atoms with Crippen molar-refractivity contribution < 1.29 is 4.79 Å². The summed E-state index contributed by atoms with van der Waals surface area (Å²) < 4.78 is 0. The number of nitrogens with zero attached hydrogens (tertiary/aromatic N) is 2. The minimum Gasteiger partial charge on any atom is -0.370 e. The maximum atomic E-state index is 11.1. The van der Waals surface area contributed by atoms with Crippen LogP contribution in [0.1, 0.15) is 36.4 Å². The summed E-state index contributed by atoms with van der Waals surface area (Å²) in [6.07, 6.45) is 4.38. The Hall–Kier alpha value is -1.10. The molecule has 1 aromatic rings. The molecule has 3 rings (SSSR count). The number of thioether (sulfide) groups is 1. The number of nitrogens with two attached hydrogens (primary N) is 1. The first-order valence-corrected chi connectivity index (χ1v) is 6.81. The van der Waals surface area contributed by atoms with Gasteiger partial charge in [-0.3, -0.25) is 4.79 Å². The number of amides is 1. The van der Waals surface area contributed by atoms with Crippen molar-refractivity contribution in [3.63, 3.8) is 0 Å². The van der Waals surface area contributed by atoms with Crippen LogP contribution in [-0.4, -0.2) is 21.1 Å². The lowest BCUT2D eigenvalue weighted by molar-refractivity contribution is -0.118. The third-order valence-corrected chi connectivity index (χ3v) is 5.22. The zero-order chi connectivity index (χ0) is 12.0. The van der Waals surface area contributed by atoms with Crippen molar-refractivity contribution in [2.24, 2.45) is 11.7 Å². The molecular formula is C12H15N3OS. The van der Waals surface area contributed by atoms with Gasteiger partial charge in [-0.25, -0.2) is 9.97 Å². The molecule has 0 spiro atoms. The molecule has 1 aliphatic carbocycles. The van der Waals surface area contributed by atoms with Gasteiger partial charge in [0.25, 0.3) is 0 Å². The first kappa shape index (κ1) is 11.0. The van der Waals surface area contributed by atoms with Gasteiger partial charge in [0.2, 0.25) is 5.91 Å². The minimum absolute atomic E-state index is 0.191. The predicted molar refractivity (Wildman–Crippen MR) is 65.7 cm³/mol. The van der Waals surface area contributed by atoms with Crippen LogP contribution in [0.4, 0.5) is 0 Å². The second-order valence-corrected chi connectivity index (χ2v) is 6.10. The Morgan fingerprint density at radius 3 is 3.12 bits per heavy atom. The molecule has 1 amide bonds. The minimum atomic E-state index is -0.191. The standard InChI is InChI=1S/C12H15N3OS/c1-6-10-11-7(4-9(13)16)2-3-8(11)17-12(10)15-5-14-6/h5,7-8,11H,2-4H2,1H3,(H2,13,16). The van der Waals surface area contributed by atoms with E-state index in [0.717, 1.165) is 23.6 Å². The van der Waals surface area contributed by atoms with E-state index in [0.29, 0.717) is 23.5 Å². The zero-order valence-corrected chi connectivity index (χ0v) is 10.5. The Morgan fingerprint density at radius 1 is 1.53 bits per heavy atom. The van der Waals surface area contributed by atoms with Gasteiger partial charge in [0, 0.05) is 28.8 Å². The average Bonchev–Trinajstić information content (AvgIpc) is 2.78. The van der Waals surface area contributed by atoms with Crippen LogP contribution in [0.2, 0.25) is 0 Å². The Balaban J connectivity index is 1.97. The Morgan fingerprint density at radius 2 is 2.35 bits per heavy atom. The number of aryl methyl sites for hydroxylation is 1. The van der Waals surface area contributed by atoms with E-state index in [1.807, 2.05) is 18.7 Å². The summed E-state index contributed by atoms with van der Waals surface area (Å²) in [5.74, 6) is 0.628. The van der Waals surface area contributed by atoms with E-state index in [1.54, 1.807) is 6.33 Å². The van der Waals surface area contributed by atoms with Crippen LogP contribution in [0.3, 0.4) is 0 Å².